The fourth-order valence-electron chi connectivity index (χ4n) is 1.88. The molecule has 5 heteroatoms. The number of likely N-dealkylation sites (N-methyl/N-ethyl adjacent to an activating group) is 1. The minimum absolute atomic E-state index is 0.0348. The summed E-state index contributed by atoms with van der Waals surface area (Å²) in [5.41, 5.74) is 6.79. The van der Waals surface area contributed by atoms with Gasteiger partial charge in [-0.25, -0.2) is 0 Å². The summed E-state index contributed by atoms with van der Waals surface area (Å²) in [5.74, 6) is -0.393. The Morgan fingerprint density at radius 1 is 1.19 bits per heavy atom. The van der Waals surface area contributed by atoms with Crippen LogP contribution in [-0.4, -0.2) is 36.3 Å². The quantitative estimate of drug-likeness (QED) is 0.829. The fourth-order valence-corrected chi connectivity index (χ4v) is 1.88. The average molecular weight is 291 g/mol. The number of rotatable bonds is 6. The summed E-state index contributed by atoms with van der Waals surface area (Å²) in [7, 11) is 1.73. The summed E-state index contributed by atoms with van der Waals surface area (Å²) in [6, 6.07) is 9.12. The molecule has 1 unspecified atom stereocenters. The van der Waals surface area contributed by atoms with E-state index in [4.69, 9.17) is 5.73 Å². The zero-order chi connectivity index (χ0) is 16.0. The van der Waals surface area contributed by atoms with E-state index in [2.05, 4.69) is 5.32 Å². The second-order valence-corrected chi connectivity index (χ2v) is 5.58. The van der Waals surface area contributed by atoms with Crippen LogP contribution in [0.2, 0.25) is 0 Å². The van der Waals surface area contributed by atoms with E-state index in [-0.39, 0.29) is 30.3 Å². The molecule has 0 aromatic heterocycles. The summed E-state index contributed by atoms with van der Waals surface area (Å²) in [6.07, 6.45) is 0. The van der Waals surface area contributed by atoms with Crippen LogP contribution in [0.3, 0.4) is 0 Å². The van der Waals surface area contributed by atoms with Crippen molar-refractivity contribution in [3.05, 3.63) is 35.9 Å². The van der Waals surface area contributed by atoms with E-state index in [1.807, 2.05) is 51.1 Å². The van der Waals surface area contributed by atoms with Gasteiger partial charge in [0, 0.05) is 7.05 Å². The third-order valence-corrected chi connectivity index (χ3v) is 3.69. The van der Waals surface area contributed by atoms with Crippen LogP contribution in [0.25, 0.3) is 0 Å². The van der Waals surface area contributed by atoms with Gasteiger partial charge in [-0.15, -0.1) is 0 Å². The molecule has 0 aliphatic carbocycles. The second kappa shape index (κ2) is 7.78. The zero-order valence-electron chi connectivity index (χ0n) is 13.2. The number of carbonyl (C=O) groups is 2. The van der Waals surface area contributed by atoms with Gasteiger partial charge in [0.25, 0.3) is 0 Å². The zero-order valence-corrected chi connectivity index (χ0v) is 13.2. The van der Waals surface area contributed by atoms with Crippen LogP contribution in [0.5, 0.6) is 0 Å². The maximum absolute atomic E-state index is 12.1. The highest BCUT2D eigenvalue weighted by Crippen LogP contribution is 2.17. The summed E-state index contributed by atoms with van der Waals surface area (Å²) in [4.78, 5) is 25.5. The lowest BCUT2D eigenvalue weighted by Crippen LogP contribution is -2.47. The molecule has 2 atom stereocenters. The van der Waals surface area contributed by atoms with Crippen molar-refractivity contribution in [1.82, 2.24) is 10.2 Å². The first-order valence-electron chi connectivity index (χ1n) is 7.18. The van der Waals surface area contributed by atoms with Gasteiger partial charge in [0.1, 0.15) is 0 Å². The average Bonchev–Trinajstić information content (AvgIpc) is 2.50. The number of nitrogens with one attached hydrogen (secondary N) is 1. The Morgan fingerprint density at radius 2 is 1.76 bits per heavy atom. The van der Waals surface area contributed by atoms with Crippen LogP contribution < -0.4 is 11.1 Å². The van der Waals surface area contributed by atoms with Gasteiger partial charge in [-0.3, -0.25) is 9.59 Å². The van der Waals surface area contributed by atoms with Crippen LogP contribution in [0.15, 0.2) is 30.3 Å². The number of nitrogens with two attached hydrogens (primary N) is 1. The van der Waals surface area contributed by atoms with E-state index in [1.165, 1.54) is 0 Å². The van der Waals surface area contributed by atoms with Crippen molar-refractivity contribution >= 4 is 11.8 Å². The van der Waals surface area contributed by atoms with Crippen LogP contribution in [0, 0.1) is 5.92 Å². The third-order valence-electron chi connectivity index (χ3n) is 3.69. The molecule has 0 spiro atoms. The smallest absolute Gasteiger partial charge is 0.242 e. The molecule has 21 heavy (non-hydrogen) atoms. The van der Waals surface area contributed by atoms with Crippen molar-refractivity contribution in [2.75, 3.05) is 13.6 Å². The van der Waals surface area contributed by atoms with E-state index in [0.717, 1.165) is 5.56 Å². The van der Waals surface area contributed by atoms with Gasteiger partial charge >= 0.3 is 0 Å². The molecule has 0 fully saturated rings. The highest BCUT2D eigenvalue weighted by molar-refractivity contribution is 5.87. The third kappa shape index (κ3) is 4.86. The van der Waals surface area contributed by atoms with Crippen molar-refractivity contribution in [2.45, 2.75) is 32.9 Å². The van der Waals surface area contributed by atoms with Crippen LogP contribution in [0.4, 0.5) is 0 Å². The fraction of sp³-hybridized carbons (Fsp3) is 0.500. The Labute approximate surface area is 126 Å². The molecule has 1 aromatic carbocycles. The van der Waals surface area contributed by atoms with Gasteiger partial charge in [-0.05, 0) is 18.4 Å². The molecule has 3 N–H and O–H groups in total. The van der Waals surface area contributed by atoms with Gasteiger partial charge in [0.15, 0.2) is 0 Å². The number of hydrogen-bond donors (Lipinski definition) is 2. The van der Waals surface area contributed by atoms with Gasteiger partial charge in [0.2, 0.25) is 11.8 Å². The Hall–Kier alpha value is -1.88. The van der Waals surface area contributed by atoms with Gasteiger partial charge in [-0.2, -0.15) is 0 Å². The first kappa shape index (κ1) is 17.2. The van der Waals surface area contributed by atoms with Crippen molar-refractivity contribution < 1.29 is 9.59 Å². The number of amides is 2. The number of nitrogens with zero attached hydrogens (tertiary/aromatic N) is 1. The molecule has 116 valence electrons. The summed E-state index contributed by atoms with van der Waals surface area (Å²) in [5, 5.41) is 2.60. The summed E-state index contributed by atoms with van der Waals surface area (Å²) < 4.78 is 0. The van der Waals surface area contributed by atoms with E-state index in [0.29, 0.717) is 0 Å². The Bertz CT molecular complexity index is 474. The van der Waals surface area contributed by atoms with Crippen molar-refractivity contribution in [1.29, 1.82) is 0 Å². The lowest BCUT2D eigenvalue weighted by Gasteiger charge is -2.26. The molecule has 0 heterocycles. The first-order valence-corrected chi connectivity index (χ1v) is 7.18. The topological polar surface area (TPSA) is 75.4 Å². The normalized spacial score (nSPS) is 13.6. The van der Waals surface area contributed by atoms with Crippen molar-refractivity contribution in [2.24, 2.45) is 11.7 Å². The predicted molar refractivity (Wildman–Crippen MR) is 83.5 cm³/mol. The van der Waals surface area contributed by atoms with Gasteiger partial charge in [-0.1, -0.05) is 44.2 Å². The summed E-state index contributed by atoms with van der Waals surface area (Å²) >= 11 is 0. The molecule has 0 radical (unpaired) electrons. The molecule has 0 saturated heterocycles. The van der Waals surface area contributed by atoms with Gasteiger partial charge < -0.3 is 16.0 Å². The maximum atomic E-state index is 12.1. The molecule has 2 amide bonds. The van der Waals surface area contributed by atoms with Crippen LogP contribution in [-0.2, 0) is 9.59 Å². The van der Waals surface area contributed by atoms with E-state index < -0.39 is 6.04 Å². The van der Waals surface area contributed by atoms with Crippen molar-refractivity contribution in [3.8, 4) is 0 Å². The second-order valence-electron chi connectivity index (χ2n) is 5.58. The monoisotopic (exact) mass is 291 g/mol. The number of carbonyl (C=O) groups excluding carboxylic acids is 2. The highest BCUT2D eigenvalue weighted by Gasteiger charge is 2.20. The number of benzene rings is 1. The summed E-state index contributed by atoms with van der Waals surface area (Å²) in [6.45, 7) is 5.66. The van der Waals surface area contributed by atoms with E-state index in [1.54, 1.807) is 11.9 Å². The number of hydrogen-bond acceptors (Lipinski definition) is 3. The lowest BCUT2D eigenvalue weighted by atomic mass is 10.1. The predicted octanol–water partition coefficient (Wildman–Crippen LogP) is 1.31. The highest BCUT2D eigenvalue weighted by atomic mass is 16.2. The molecular weight excluding hydrogens is 266 g/mol. The lowest BCUT2D eigenvalue weighted by molar-refractivity contribution is -0.133. The Morgan fingerprint density at radius 3 is 2.29 bits per heavy atom. The maximum Gasteiger partial charge on any atom is 0.242 e. The minimum Gasteiger partial charge on any atom is -0.346 e. The van der Waals surface area contributed by atoms with Crippen LogP contribution >= 0.6 is 0 Å². The SMILES string of the molecule is CC(C)[C@H](N)C(=O)NCC(=O)N(C)C(C)c1ccccc1. The largest absolute Gasteiger partial charge is 0.346 e. The molecule has 0 bridgehead atoms. The molecular formula is C16H25N3O2. The molecule has 0 aliphatic heterocycles. The van der Waals surface area contributed by atoms with Gasteiger partial charge in [0.05, 0.1) is 18.6 Å². The Kier molecular flexibility index (Phi) is 6.37. The Balaban J connectivity index is 2.54. The molecule has 1 rings (SSSR count). The van der Waals surface area contributed by atoms with Crippen molar-refractivity contribution in [3.63, 3.8) is 0 Å². The molecule has 5 nitrogen and oxygen atoms in total. The van der Waals surface area contributed by atoms with E-state index in [9.17, 15) is 9.59 Å². The van der Waals surface area contributed by atoms with Crippen LogP contribution in [0.1, 0.15) is 32.4 Å². The molecule has 0 aliphatic rings. The standard InChI is InChI=1S/C16H25N3O2/c1-11(2)15(17)16(21)18-10-14(20)19(4)12(3)13-8-6-5-7-9-13/h5-9,11-12,15H,10,17H2,1-4H3,(H,18,21)/t12?,15-/m0/s1. The van der Waals surface area contributed by atoms with E-state index >= 15 is 0 Å². The molecule has 1 aromatic rings. The molecule has 0 saturated carbocycles. The first-order chi connectivity index (χ1) is 9.84. The minimum atomic E-state index is -0.588.